The van der Waals surface area contributed by atoms with Crippen LogP contribution in [0.5, 0.6) is 11.5 Å². The molecule has 0 saturated heterocycles. The number of anilines is 2. The Morgan fingerprint density at radius 3 is 2.23 bits per heavy atom. The second-order valence-electron chi connectivity index (χ2n) is 11.4. The zero-order valence-electron chi connectivity index (χ0n) is 29.1. The van der Waals surface area contributed by atoms with Crippen LogP contribution in [-0.4, -0.2) is 50.3 Å². The zero-order valence-corrected chi connectivity index (χ0v) is 30.8. The molecule has 3 N–H and O–H groups in total. The number of thioether (sulfide) groups is 1. The average Bonchev–Trinajstić information content (AvgIpc) is 3.58. The first-order valence-electron chi connectivity index (χ1n) is 16.1. The maximum absolute atomic E-state index is 13.7. The lowest BCUT2D eigenvalue weighted by atomic mass is 10.0. The normalized spacial score (nSPS) is 11.6. The van der Waals surface area contributed by atoms with Gasteiger partial charge in [-0.25, -0.2) is 4.79 Å². The summed E-state index contributed by atoms with van der Waals surface area (Å²) in [7, 11) is 4.34. The molecule has 0 aliphatic rings. The van der Waals surface area contributed by atoms with Gasteiger partial charge < -0.3 is 30.2 Å². The van der Waals surface area contributed by atoms with Crippen LogP contribution in [0, 0.1) is 6.92 Å². The number of hydrogen-bond acceptors (Lipinski definition) is 9. The number of thiophene rings is 1. The number of carbonyl (C=O) groups excluding carboxylic acids is 4. The molecular formula is C40H37N3O7S2. The molecule has 4 aromatic carbocycles. The minimum absolute atomic E-state index is 0.00533. The standard InChI is InChI=1S/C40H37N3O7S2/c1-24-14-17-27(18-15-24)31-23-51-39(35(31)40(47)50-5)43-36(44)25(2)52-30-13-9-12-29(22-30)41-38(46)32(42-37(45)28-10-7-6-8-11-28)20-26-16-19-33(48-3)34(21-26)49-4/h6-23,25H,1-5H3,(H,41,46)(H,42,45)(H,43,44)/b32-20+. The molecule has 1 unspecified atom stereocenters. The SMILES string of the molecule is COC(=O)c1c(-c2ccc(C)cc2)csc1NC(=O)C(C)Sc1cccc(NC(=O)/C(=C\c2ccc(OC)c(OC)c2)NC(=O)c2ccccc2)c1. The van der Waals surface area contributed by atoms with Crippen LogP contribution in [0.2, 0.25) is 0 Å². The van der Waals surface area contributed by atoms with E-state index in [9.17, 15) is 19.2 Å². The third-order valence-electron chi connectivity index (χ3n) is 7.80. The minimum Gasteiger partial charge on any atom is -0.493 e. The van der Waals surface area contributed by atoms with Gasteiger partial charge in [0.25, 0.3) is 11.8 Å². The molecule has 1 heterocycles. The van der Waals surface area contributed by atoms with Gasteiger partial charge in [-0.2, -0.15) is 0 Å². The predicted molar refractivity (Wildman–Crippen MR) is 206 cm³/mol. The number of rotatable bonds is 13. The summed E-state index contributed by atoms with van der Waals surface area (Å²) < 4.78 is 15.8. The Labute approximate surface area is 310 Å². The van der Waals surface area contributed by atoms with E-state index >= 15 is 0 Å². The third-order valence-corrected chi connectivity index (χ3v) is 9.79. The molecule has 10 nitrogen and oxygen atoms in total. The summed E-state index contributed by atoms with van der Waals surface area (Å²) in [6.07, 6.45) is 1.54. The van der Waals surface area contributed by atoms with Crippen LogP contribution in [0.1, 0.15) is 38.8 Å². The first-order chi connectivity index (χ1) is 25.1. The molecule has 0 radical (unpaired) electrons. The predicted octanol–water partition coefficient (Wildman–Crippen LogP) is 8.06. The summed E-state index contributed by atoms with van der Waals surface area (Å²) in [5, 5.41) is 10.1. The Morgan fingerprint density at radius 1 is 0.808 bits per heavy atom. The Balaban J connectivity index is 1.32. The number of amides is 3. The number of aryl methyl sites for hydroxylation is 1. The Morgan fingerprint density at radius 2 is 1.54 bits per heavy atom. The summed E-state index contributed by atoms with van der Waals surface area (Å²) in [5.41, 5.74) is 4.31. The molecule has 5 aromatic rings. The fourth-order valence-corrected chi connectivity index (χ4v) is 6.96. The lowest BCUT2D eigenvalue weighted by Gasteiger charge is -2.14. The molecule has 0 saturated carbocycles. The molecule has 1 atom stereocenters. The van der Waals surface area contributed by atoms with Crippen molar-refractivity contribution in [3.8, 4) is 22.6 Å². The van der Waals surface area contributed by atoms with Crippen molar-refractivity contribution in [1.29, 1.82) is 0 Å². The van der Waals surface area contributed by atoms with Gasteiger partial charge in [0.2, 0.25) is 5.91 Å². The molecule has 0 aliphatic heterocycles. The fraction of sp³-hybridized carbons (Fsp3) is 0.150. The Hall–Kier alpha value is -5.85. The number of methoxy groups -OCH3 is 3. The van der Waals surface area contributed by atoms with Crippen molar-refractivity contribution in [2.75, 3.05) is 32.0 Å². The van der Waals surface area contributed by atoms with Crippen molar-refractivity contribution in [3.05, 3.63) is 130 Å². The van der Waals surface area contributed by atoms with Crippen molar-refractivity contribution in [3.63, 3.8) is 0 Å². The Kier molecular flexibility index (Phi) is 12.5. The largest absolute Gasteiger partial charge is 0.493 e. The van der Waals surface area contributed by atoms with E-state index in [-0.39, 0.29) is 11.6 Å². The van der Waals surface area contributed by atoms with Crippen LogP contribution in [0.4, 0.5) is 10.7 Å². The van der Waals surface area contributed by atoms with Crippen LogP contribution < -0.4 is 25.4 Å². The van der Waals surface area contributed by atoms with Crippen LogP contribution in [0.25, 0.3) is 17.2 Å². The maximum atomic E-state index is 13.7. The van der Waals surface area contributed by atoms with Gasteiger partial charge in [-0.15, -0.1) is 23.1 Å². The maximum Gasteiger partial charge on any atom is 0.341 e. The number of ether oxygens (including phenoxy) is 3. The average molecular weight is 736 g/mol. The van der Waals surface area contributed by atoms with E-state index in [2.05, 4.69) is 16.0 Å². The van der Waals surface area contributed by atoms with Crippen molar-refractivity contribution in [2.24, 2.45) is 0 Å². The van der Waals surface area contributed by atoms with Gasteiger partial charge in [-0.1, -0.05) is 60.2 Å². The van der Waals surface area contributed by atoms with Crippen molar-refractivity contribution in [1.82, 2.24) is 5.32 Å². The molecule has 1 aromatic heterocycles. The summed E-state index contributed by atoms with van der Waals surface area (Å²) in [4.78, 5) is 53.7. The van der Waals surface area contributed by atoms with E-state index in [0.29, 0.717) is 49.3 Å². The topological polar surface area (TPSA) is 132 Å². The second-order valence-corrected chi connectivity index (χ2v) is 13.7. The smallest absolute Gasteiger partial charge is 0.341 e. The van der Waals surface area contributed by atoms with Gasteiger partial charge in [0.15, 0.2) is 11.5 Å². The second kappa shape index (κ2) is 17.4. The molecule has 5 rings (SSSR count). The zero-order chi connectivity index (χ0) is 37.2. The molecule has 3 amide bonds. The molecule has 12 heteroatoms. The van der Waals surface area contributed by atoms with E-state index in [1.54, 1.807) is 79.7 Å². The van der Waals surface area contributed by atoms with Crippen molar-refractivity contribution in [2.45, 2.75) is 24.0 Å². The van der Waals surface area contributed by atoms with E-state index in [4.69, 9.17) is 14.2 Å². The van der Waals surface area contributed by atoms with Gasteiger partial charge in [0.1, 0.15) is 16.3 Å². The highest BCUT2D eigenvalue weighted by Gasteiger charge is 2.24. The molecule has 0 spiro atoms. The molecule has 0 aliphatic carbocycles. The third kappa shape index (κ3) is 9.27. The lowest BCUT2D eigenvalue weighted by Crippen LogP contribution is -2.30. The van der Waals surface area contributed by atoms with Crippen molar-refractivity contribution < 1.29 is 33.4 Å². The van der Waals surface area contributed by atoms with E-state index in [0.717, 1.165) is 11.1 Å². The van der Waals surface area contributed by atoms with Gasteiger partial charge in [0, 0.05) is 27.1 Å². The van der Waals surface area contributed by atoms with Crippen LogP contribution in [-0.2, 0) is 14.3 Å². The summed E-state index contributed by atoms with van der Waals surface area (Å²) >= 11 is 2.53. The summed E-state index contributed by atoms with van der Waals surface area (Å²) in [5.74, 6) is -0.910. The monoisotopic (exact) mass is 735 g/mol. The van der Waals surface area contributed by atoms with Gasteiger partial charge in [0.05, 0.1) is 26.6 Å². The lowest BCUT2D eigenvalue weighted by molar-refractivity contribution is -0.115. The van der Waals surface area contributed by atoms with E-state index in [1.165, 1.54) is 44.4 Å². The van der Waals surface area contributed by atoms with Gasteiger partial charge >= 0.3 is 5.97 Å². The Bertz CT molecular complexity index is 2110. The first kappa shape index (κ1) is 37.4. The fourth-order valence-electron chi connectivity index (χ4n) is 5.07. The highest BCUT2D eigenvalue weighted by atomic mass is 32.2. The van der Waals surface area contributed by atoms with Gasteiger partial charge in [-0.3, -0.25) is 14.4 Å². The van der Waals surface area contributed by atoms with Crippen molar-refractivity contribution >= 4 is 63.6 Å². The first-order valence-corrected chi connectivity index (χ1v) is 17.8. The number of carbonyl (C=O) groups is 4. The summed E-state index contributed by atoms with van der Waals surface area (Å²) in [6, 6.07) is 28.5. The number of benzene rings is 4. The minimum atomic E-state index is -0.577. The highest BCUT2D eigenvalue weighted by Crippen LogP contribution is 2.37. The molecule has 0 bridgehead atoms. The van der Waals surface area contributed by atoms with E-state index < -0.39 is 23.0 Å². The number of nitrogens with one attached hydrogen (secondary N) is 3. The molecule has 266 valence electrons. The molecule has 0 fully saturated rings. The quantitative estimate of drug-likeness (QED) is 0.0629. The van der Waals surface area contributed by atoms with Gasteiger partial charge in [-0.05, 0) is 73.5 Å². The molecule has 52 heavy (non-hydrogen) atoms. The highest BCUT2D eigenvalue weighted by molar-refractivity contribution is 8.00. The van der Waals surface area contributed by atoms with Crippen LogP contribution in [0.15, 0.2) is 113 Å². The summed E-state index contributed by atoms with van der Waals surface area (Å²) in [6.45, 7) is 3.73. The van der Waals surface area contributed by atoms with Crippen LogP contribution >= 0.6 is 23.1 Å². The number of hydrogen-bond donors (Lipinski definition) is 3. The van der Waals surface area contributed by atoms with E-state index in [1.807, 2.05) is 42.6 Å². The number of esters is 1. The molecular weight excluding hydrogens is 699 g/mol. The van der Waals surface area contributed by atoms with Crippen LogP contribution in [0.3, 0.4) is 0 Å².